The summed E-state index contributed by atoms with van der Waals surface area (Å²) in [7, 11) is 0. The maximum Gasteiger partial charge on any atom is 0.252 e. The zero-order chi connectivity index (χ0) is 20.2. The van der Waals surface area contributed by atoms with E-state index in [-0.39, 0.29) is 37.1 Å². The van der Waals surface area contributed by atoms with Gasteiger partial charge in [0.1, 0.15) is 11.8 Å². The Labute approximate surface area is 168 Å². The highest BCUT2D eigenvalue weighted by atomic mass is 16.3. The van der Waals surface area contributed by atoms with Crippen LogP contribution in [0.3, 0.4) is 0 Å². The van der Waals surface area contributed by atoms with E-state index in [1.54, 1.807) is 36.6 Å². The Balaban J connectivity index is 1.48. The fourth-order valence-electron chi connectivity index (χ4n) is 3.38. The predicted octanol–water partition coefficient (Wildman–Crippen LogP) is 3.45. The number of hydrogen-bond acceptors (Lipinski definition) is 4. The van der Waals surface area contributed by atoms with Gasteiger partial charge in [0.15, 0.2) is 0 Å². The van der Waals surface area contributed by atoms with E-state index in [9.17, 15) is 14.4 Å². The molecule has 1 aliphatic rings. The van der Waals surface area contributed by atoms with Gasteiger partial charge in [-0.05, 0) is 35.4 Å². The maximum atomic E-state index is 12.8. The maximum absolute atomic E-state index is 12.8. The van der Waals surface area contributed by atoms with Crippen molar-refractivity contribution >= 4 is 17.7 Å². The molecule has 0 spiro atoms. The van der Waals surface area contributed by atoms with Crippen molar-refractivity contribution < 1.29 is 18.8 Å². The summed E-state index contributed by atoms with van der Waals surface area (Å²) in [6.45, 7) is 0.235. The highest BCUT2D eigenvalue weighted by molar-refractivity contribution is 6.01. The molecule has 3 amide bonds. The van der Waals surface area contributed by atoms with Crippen LogP contribution >= 0.6 is 0 Å². The minimum Gasteiger partial charge on any atom is -0.467 e. The predicted molar refractivity (Wildman–Crippen MR) is 106 cm³/mol. The summed E-state index contributed by atoms with van der Waals surface area (Å²) < 4.78 is 5.52. The van der Waals surface area contributed by atoms with Crippen LogP contribution in [-0.2, 0) is 16.1 Å². The molecular formula is C23H20N2O4. The molecule has 1 aromatic heterocycles. The van der Waals surface area contributed by atoms with Crippen molar-refractivity contribution in [1.82, 2.24) is 10.2 Å². The van der Waals surface area contributed by atoms with Gasteiger partial charge in [0.25, 0.3) is 5.91 Å². The summed E-state index contributed by atoms with van der Waals surface area (Å²) in [4.78, 5) is 37.6. The smallest absolute Gasteiger partial charge is 0.252 e. The van der Waals surface area contributed by atoms with Crippen molar-refractivity contribution in [3.05, 3.63) is 95.4 Å². The number of imide groups is 1. The monoisotopic (exact) mass is 388 g/mol. The number of nitrogens with one attached hydrogen (secondary N) is 1. The lowest BCUT2D eigenvalue weighted by Gasteiger charge is -2.18. The molecule has 29 heavy (non-hydrogen) atoms. The summed E-state index contributed by atoms with van der Waals surface area (Å²) in [6, 6.07) is 19.7. The van der Waals surface area contributed by atoms with Gasteiger partial charge in [0, 0.05) is 18.4 Å². The molecule has 0 saturated carbocycles. The molecule has 146 valence electrons. The standard InChI is InChI=1S/C23H20N2O4/c26-20-12-13-21(27)25(20)15-16-8-10-18(11-9-16)23(28)24-22(19-7-4-14-29-19)17-5-2-1-3-6-17/h1-11,14,22H,12-13,15H2,(H,24,28). The van der Waals surface area contributed by atoms with Gasteiger partial charge in [-0.3, -0.25) is 19.3 Å². The molecular weight excluding hydrogens is 368 g/mol. The fourth-order valence-corrected chi connectivity index (χ4v) is 3.38. The van der Waals surface area contributed by atoms with Crippen LogP contribution in [0.4, 0.5) is 0 Å². The largest absolute Gasteiger partial charge is 0.467 e. The first-order chi connectivity index (χ1) is 14.1. The highest BCUT2D eigenvalue weighted by Crippen LogP contribution is 2.23. The van der Waals surface area contributed by atoms with E-state index in [0.29, 0.717) is 11.3 Å². The van der Waals surface area contributed by atoms with Crippen LogP contribution in [0.1, 0.15) is 46.1 Å². The van der Waals surface area contributed by atoms with E-state index in [4.69, 9.17) is 4.42 Å². The summed E-state index contributed by atoms with van der Waals surface area (Å²) in [6.07, 6.45) is 2.12. The number of rotatable bonds is 6. The van der Waals surface area contributed by atoms with Crippen LogP contribution in [0, 0.1) is 0 Å². The lowest BCUT2D eigenvalue weighted by atomic mass is 10.0. The van der Waals surface area contributed by atoms with Crippen LogP contribution in [-0.4, -0.2) is 22.6 Å². The summed E-state index contributed by atoms with van der Waals surface area (Å²) in [5.74, 6) is 0.101. The molecule has 1 atom stereocenters. The Kier molecular flexibility index (Phi) is 5.24. The van der Waals surface area contributed by atoms with Crippen LogP contribution < -0.4 is 5.32 Å². The van der Waals surface area contributed by atoms with Crippen LogP contribution in [0.2, 0.25) is 0 Å². The van der Waals surface area contributed by atoms with Gasteiger partial charge in [-0.15, -0.1) is 0 Å². The van der Waals surface area contributed by atoms with Crippen LogP contribution in [0.5, 0.6) is 0 Å². The lowest BCUT2D eigenvalue weighted by molar-refractivity contribution is -0.139. The number of amides is 3. The third-order valence-electron chi connectivity index (χ3n) is 4.95. The third kappa shape index (κ3) is 4.11. The van der Waals surface area contributed by atoms with Gasteiger partial charge >= 0.3 is 0 Å². The Morgan fingerprint density at radius 2 is 1.62 bits per heavy atom. The normalized spacial score (nSPS) is 14.8. The number of likely N-dealkylation sites (tertiary alicyclic amines) is 1. The molecule has 1 saturated heterocycles. The first kappa shape index (κ1) is 18.7. The molecule has 6 heteroatoms. The zero-order valence-electron chi connectivity index (χ0n) is 15.7. The lowest BCUT2D eigenvalue weighted by Crippen LogP contribution is -2.29. The average molecular weight is 388 g/mol. The molecule has 1 fully saturated rings. The second kappa shape index (κ2) is 8.14. The van der Waals surface area contributed by atoms with Gasteiger partial charge in [0.2, 0.25) is 11.8 Å². The Bertz CT molecular complexity index is 995. The van der Waals surface area contributed by atoms with Crippen LogP contribution in [0.15, 0.2) is 77.4 Å². The van der Waals surface area contributed by atoms with Gasteiger partial charge in [-0.25, -0.2) is 0 Å². The average Bonchev–Trinajstić information content (AvgIpc) is 3.39. The van der Waals surface area contributed by atoms with Crippen molar-refractivity contribution in [2.24, 2.45) is 0 Å². The van der Waals surface area contributed by atoms with Gasteiger partial charge in [-0.1, -0.05) is 42.5 Å². The van der Waals surface area contributed by atoms with Crippen molar-refractivity contribution in [1.29, 1.82) is 0 Å². The molecule has 3 aromatic rings. The van der Waals surface area contributed by atoms with Crippen molar-refractivity contribution in [3.8, 4) is 0 Å². The number of carbonyl (C=O) groups is 3. The summed E-state index contributed by atoms with van der Waals surface area (Å²) in [5.41, 5.74) is 2.20. The minimum absolute atomic E-state index is 0.152. The van der Waals surface area contributed by atoms with E-state index >= 15 is 0 Å². The molecule has 2 heterocycles. The molecule has 1 aliphatic heterocycles. The number of nitrogens with zero attached hydrogens (tertiary/aromatic N) is 1. The van der Waals surface area contributed by atoms with Crippen molar-refractivity contribution in [2.75, 3.05) is 0 Å². The van der Waals surface area contributed by atoms with Crippen molar-refractivity contribution in [2.45, 2.75) is 25.4 Å². The van der Waals surface area contributed by atoms with E-state index in [2.05, 4.69) is 5.32 Å². The first-order valence-electron chi connectivity index (χ1n) is 9.43. The van der Waals surface area contributed by atoms with Gasteiger partial charge in [-0.2, -0.15) is 0 Å². The number of hydrogen-bond donors (Lipinski definition) is 1. The second-order valence-electron chi connectivity index (χ2n) is 6.90. The van der Waals surface area contributed by atoms with Gasteiger partial charge in [0.05, 0.1) is 12.8 Å². The number of furan rings is 1. The first-order valence-corrected chi connectivity index (χ1v) is 9.43. The second-order valence-corrected chi connectivity index (χ2v) is 6.90. The Morgan fingerprint density at radius 3 is 2.24 bits per heavy atom. The fraction of sp³-hybridized carbons (Fsp3) is 0.174. The van der Waals surface area contributed by atoms with Crippen LogP contribution in [0.25, 0.3) is 0 Å². The Morgan fingerprint density at radius 1 is 0.931 bits per heavy atom. The molecule has 0 radical (unpaired) electrons. The van der Waals surface area contributed by atoms with E-state index < -0.39 is 6.04 Å². The SMILES string of the molecule is O=C(NC(c1ccccc1)c1ccco1)c1ccc(CN2C(=O)CCC2=O)cc1. The minimum atomic E-state index is -0.404. The zero-order valence-corrected chi connectivity index (χ0v) is 15.7. The molecule has 6 nitrogen and oxygen atoms in total. The quantitative estimate of drug-likeness (QED) is 0.656. The number of carbonyl (C=O) groups excluding carboxylic acids is 3. The molecule has 4 rings (SSSR count). The molecule has 0 aliphatic carbocycles. The van der Waals surface area contributed by atoms with Crippen molar-refractivity contribution in [3.63, 3.8) is 0 Å². The topological polar surface area (TPSA) is 79.6 Å². The number of benzene rings is 2. The molecule has 0 bridgehead atoms. The summed E-state index contributed by atoms with van der Waals surface area (Å²) in [5, 5.41) is 3.01. The van der Waals surface area contributed by atoms with E-state index in [1.807, 2.05) is 36.4 Å². The molecule has 2 aromatic carbocycles. The highest BCUT2D eigenvalue weighted by Gasteiger charge is 2.28. The van der Waals surface area contributed by atoms with E-state index in [0.717, 1.165) is 11.1 Å². The van der Waals surface area contributed by atoms with Gasteiger partial charge < -0.3 is 9.73 Å². The third-order valence-corrected chi connectivity index (χ3v) is 4.95. The summed E-state index contributed by atoms with van der Waals surface area (Å²) >= 11 is 0. The van der Waals surface area contributed by atoms with E-state index in [1.165, 1.54) is 4.90 Å². The Hall–Kier alpha value is -3.67. The molecule has 1 unspecified atom stereocenters. The molecule has 1 N–H and O–H groups in total.